The molecule has 2 aromatic rings. The fraction of sp³-hybridized carbons (Fsp3) is 0.368. The zero-order valence-corrected chi connectivity index (χ0v) is 17.7. The number of aromatic nitrogens is 1. The van der Waals surface area contributed by atoms with Gasteiger partial charge in [-0.05, 0) is 43.2 Å². The van der Waals surface area contributed by atoms with Gasteiger partial charge in [-0.3, -0.25) is 4.79 Å². The molecule has 0 unspecified atom stereocenters. The number of nitrogens with one attached hydrogen (secondary N) is 3. The summed E-state index contributed by atoms with van der Waals surface area (Å²) in [5.41, 5.74) is 2.01. The van der Waals surface area contributed by atoms with Gasteiger partial charge in [0.05, 0.1) is 0 Å². The van der Waals surface area contributed by atoms with E-state index >= 15 is 0 Å². The zero-order valence-electron chi connectivity index (χ0n) is 15.4. The van der Waals surface area contributed by atoms with Crippen molar-refractivity contribution in [3.8, 4) is 0 Å². The Morgan fingerprint density at radius 1 is 1.12 bits per heavy atom. The van der Waals surface area contributed by atoms with E-state index in [0.29, 0.717) is 5.96 Å². The molecular formula is C19H28IN5O. The quantitative estimate of drug-likeness (QED) is 0.317. The highest BCUT2D eigenvalue weighted by Gasteiger charge is 2.03. The highest BCUT2D eigenvalue weighted by molar-refractivity contribution is 14.0. The summed E-state index contributed by atoms with van der Waals surface area (Å²) in [7, 11) is 0. The molecule has 3 N–H and O–H groups in total. The molecule has 2 rings (SSSR count). The first-order valence-electron chi connectivity index (χ1n) is 8.73. The minimum absolute atomic E-state index is 0. The van der Waals surface area contributed by atoms with Gasteiger partial charge in [0.15, 0.2) is 5.96 Å². The van der Waals surface area contributed by atoms with Gasteiger partial charge in [0, 0.05) is 37.7 Å². The first-order valence-corrected chi connectivity index (χ1v) is 8.73. The van der Waals surface area contributed by atoms with Gasteiger partial charge in [-0.1, -0.05) is 19.1 Å². The Kier molecular flexibility index (Phi) is 10.5. The van der Waals surface area contributed by atoms with Gasteiger partial charge in [-0.15, -0.1) is 24.0 Å². The number of hydrogen-bond donors (Lipinski definition) is 3. The van der Waals surface area contributed by atoms with Crippen LogP contribution in [0.3, 0.4) is 0 Å². The maximum Gasteiger partial charge on any atom is 0.246 e. The van der Waals surface area contributed by atoms with E-state index < -0.39 is 0 Å². The van der Waals surface area contributed by atoms with Crippen LogP contribution in [0.15, 0.2) is 53.8 Å². The van der Waals surface area contributed by atoms with Crippen molar-refractivity contribution >= 4 is 41.5 Å². The fourth-order valence-electron chi connectivity index (χ4n) is 2.38. The summed E-state index contributed by atoms with van der Waals surface area (Å²) in [6.45, 7) is 6.49. The summed E-state index contributed by atoms with van der Waals surface area (Å²) in [5, 5.41) is 9.27. The molecule has 0 fully saturated rings. The number of nitrogens with zero attached hydrogens (tertiary/aromatic N) is 2. The zero-order chi connectivity index (χ0) is 17.9. The molecule has 6 nitrogen and oxygen atoms in total. The lowest BCUT2D eigenvalue weighted by atomic mass is 10.1. The minimum atomic E-state index is -0.129. The summed E-state index contributed by atoms with van der Waals surface area (Å²) in [5.74, 6) is 0.517. The van der Waals surface area contributed by atoms with Crippen LogP contribution in [0.4, 0.5) is 5.69 Å². The third-order valence-electron chi connectivity index (χ3n) is 3.67. The summed E-state index contributed by atoms with van der Waals surface area (Å²) in [6, 6.07) is 11.9. The summed E-state index contributed by atoms with van der Waals surface area (Å²) in [6.07, 6.45) is 4.98. The van der Waals surface area contributed by atoms with Crippen LogP contribution in [0, 0.1) is 0 Å². The molecule has 0 radical (unpaired) electrons. The van der Waals surface area contributed by atoms with E-state index in [0.717, 1.165) is 31.7 Å². The van der Waals surface area contributed by atoms with Gasteiger partial charge >= 0.3 is 0 Å². The van der Waals surface area contributed by atoms with Crippen molar-refractivity contribution in [3.05, 3.63) is 54.4 Å². The van der Waals surface area contributed by atoms with Gasteiger partial charge in [-0.25, -0.2) is 4.99 Å². The Balaban J connectivity index is 0.00000338. The van der Waals surface area contributed by atoms with Crippen molar-refractivity contribution in [2.24, 2.45) is 4.99 Å². The number of hydrogen-bond acceptors (Lipinski definition) is 2. The van der Waals surface area contributed by atoms with E-state index in [4.69, 9.17) is 0 Å². The van der Waals surface area contributed by atoms with Crippen molar-refractivity contribution in [1.29, 1.82) is 0 Å². The second-order valence-corrected chi connectivity index (χ2v) is 5.64. The number of carbonyl (C=O) groups excluding carboxylic acids is 1. The van der Waals surface area contributed by atoms with Crippen LogP contribution in [-0.2, 0) is 17.8 Å². The largest absolute Gasteiger partial charge is 0.357 e. The molecule has 0 aliphatic rings. The molecule has 0 aliphatic carbocycles. The fourth-order valence-corrected chi connectivity index (χ4v) is 2.38. The van der Waals surface area contributed by atoms with Crippen LogP contribution >= 0.6 is 24.0 Å². The third-order valence-corrected chi connectivity index (χ3v) is 3.67. The van der Waals surface area contributed by atoms with Crippen LogP contribution < -0.4 is 16.0 Å². The highest BCUT2D eigenvalue weighted by Crippen LogP contribution is 2.10. The van der Waals surface area contributed by atoms with Crippen molar-refractivity contribution in [2.75, 3.05) is 25.0 Å². The maximum atomic E-state index is 12.1. The van der Waals surface area contributed by atoms with Crippen LogP contribution in [0.1, 0.15) is 19.4 Å². The number of carbonyl (C=O) groups is 1. The lowest BCUT2D eigenvalue weighted by molar-refractivity contribution is -0.114. The number of amides is 1. The molecule has 142 valence electrons. The molecule has 0 saturated heterocycles. The Bertz CT molecular complexity index is 685. The monoisotopic (exact) mass is 469 g/mol. The Morgan fingerprint density at radius 3 is 2.58 bits per heavy atom. The standard InChI is InChI=1S/C19H27N5O.HI/c1-3-16-8-7-9-17(14-16)23-18(25)15-22-19(20-4-2)21-10-13-24-11-5-6-12-24;/h5-9,11-12,14H,3-4,10,13,15H2,1-2H3,(H,23,25)(H2,20,21,22);1H. The first kappa shape index (κ1) is 22.0. The molecule has 0 bridgehead atoms. The van der Waals surface area contributed by atoms with Crippen molar-refractivity contribution < 1.29 is 4.79 Å². The number of benzene rings is 1. The molecule has 7 heteroatoms. The molecule has 1 aromatic carbocycles. The van der Waals surface area contributed by atoms with E-state index in [-0.39, 0.29) is 36.4 Å². The Labute approximate surface area is 172 Å². The molecule has 26 heavy (non-hydrogen) atoms. The average Bonchev–Trinajstić information content (AvgIpc) is 3.13. The van der Waals surface area contributed by atoms with Crippen LogP contribution in [0.5, 0.6) is 0 Å². The highest BCUT2D eigenvalue weighted by atomic mass is 127. The van der Waals surface area contributed by atoms with Gasteiger partial charge in [0.2, 0.25) is 5.91 Å². The minimum Gasteiger partial charge on any atom is -0.357 e. The van der Waals surface area contributed by atoms with E-state index in [9.17, 15) is 4.79 Å². The predicted molar refractivity (Wildman–Crippen MR) is 118 cm³/mol. The topological polar surface area (TPSA) is 70.4 Å². The molecule has 1 heterocycles. The maximum absolute atomic E-state index is 12.1. The molecule has 0 saturated carbocycles. The summed E-state index contributed by atoms with van der Waals surface area (Å²) in [4.78, 5) is 16.4. The second-order valence-electron chi connectivity index (χ2n) is 5.64. The smallest absolute Gasteiger partial charge is 0.246 e. The Morgan fingerprint density at radius 2 is 1.88 bits per heavy atom. The summed E-state index contributed by atoms with van der Waals surface area (Å²) >= 11 is 0. The van der Waals surface area contributed by atoms with Gasteiger partial charge in [0.25, 0.3) is 0 Å². The number of rotatable bonds is 8. The third kappa shape index (κ3) is 7.90. The van der Waals surface area contributed by atoms with Crippen molar-refractivity contribution in [1.82, 2.24) is 15.2 Å². The number of aliphatic imine (C=N–C) groups is 1. The van der Waals surface area contributed by atoms with Crippen molar-refractivity contribution in [3.63, 3.8) is 0 Å². The Hall–Kier alpha value is -2.03. The number of guanidine groups is 1. The van der Waals surface area contributed by atoms with E-state index in [1.54, 1.807) is 0 Å². The van der Waals surface area contributed by atoms with E-state index in [2.05, 4.69) is 32.4 Å². The van der Waals surface area contributed by atoms with Gasteiger partial charge in [-0.2, -0.15) is 0 Å². The molecule has 0 aliphatic heterocycles. The normalized spacial score (nSPS) is 10.8. The SMILES string of the molecule is CCNC(=NCC(=O)Nc1cccc(CC)c1)NCCn1cccc1.I. The number of aryl methyl sites for hydroxylation is 1. The van der Waals surface area contributed by atoms with Crippen molar-refractivity contribution in [2.45, 2.75) is 26.8 Å². The van der Waals surface area contributed by atoms with Gasteiger partial charge in [0.1, 0.15) is 6.54 Å². The number of halogens is 1. The molecule has 1 aromatic heterocycles. The van der Waals surface area contributed by atoms with E-state index in [1.165, 1.54) is 5.56 Å². The molecule has 0 atom stereocenters. The van der Waals surface area contributed by atoms with Crippen LogP contribution in [0.25, 0.3) is 0 Å². The number of anilines is 1. The van der Waals surface area contributed by atoms with E-state index in [1.807, 2.05) is 55.7 Å². The predicted octanol–water partition coefficient (Wildman–Crippen LogP) is 2.86. The second kappa shape index (κ2) is 12.3. The lowest BCUT2D eigenvalue weighted by Crippen LogP contribution is -2.39. The molecule has 1 amide bonds. The first-order chi connectivity index (χ1) is 12.2. The average molecular weight is 469 g/mol. The molecule has 0 spiro atoms. The van der Waals surface area contributed by atoms with Gasteiger partial charge < -0.3 is 20.5 Å². The lowest BCUT2D eigenvalue weighted by Gasteiger charge is -2.12. The van der Waals surface area contributed by atoms with Crippen LogP contribution in [-0.4, -0.2) is 36.1 Å². The van der Waals surface area contributed by atoms with Crippen LogP contribution in [0.2, 0.25) is 0 Å². The molecular weight excluding hydrogens is 441 g/mol. The summed E-state index contributed by atoms with van der Waals surface area (Å²) < 4.78 is 2.09.